The van der Waals surface area contributed by atoms with Crippen molar-refractivity contribution in [2.45, 2.75) is 25.4 Å². The number of hydrogen-bond acceptors (Lipinski definition) is 5. The smallest absolute Gasteiger partial charge is 0.315 e. The van der Waals surface area contributed by atoms with Crippen molar-refractivity contribution in [3.63, 3.8) is 0 Å². The van der Waals surface area contributed by atoms with Gasteiger partial charge in [-0.3, -0.25) is 4.79 Å². The lowest BCUT2D eigenvalue weighted by Gasteiger charge is -2.01. The highest BCUT2D eigenvalue weighted by molar-refractivity contribution is 5.93. The van der Waals surface area contributed by atoms with Crippen LogP contribution in [-0.4, -0.2) is 22.1 Å². The second-order valence-electron chi connectivity index (χ2n) is 4.47. The maximum Gasteiger partial charge on any atom is 0.315 e. The van der Waals surface area contributed by atoms with Gasteiger partial charge in [0.2, 0.25) is 5.89 Å². The van der Waals surface area contributed by atoms with Crippen LogP contribution < -0.4 is 10.6 Å². The largest absolute Gasteiger partial charge is 0.406 e. The van der Waals surface area contributed by atoms with Gasteiger partial charge in [0.05, 0.1) is 6.54 Å². The van der Waals surface area contributed by atoms with E-state index < -0.39 is 0 Å². The zero-order valence-electron chi connectivity index (χ0n) is 10.3. The molecule has 6 heteroatoms. The molecule has 0 spiro atoms. The van der Waals surface area contributed by atoms with Gasteiger partial charge >= 0.3 is 6.01 Å². The summed E-state index contributed by atoms with van der Waals surface area (Å²) in [5, 5.41) is 13.6. The maximum absolute atomic E-state index is 11.8. The standard InChI is InChI=1S/C13H14N4O2/c18-12(9-4-2-1-3-5-9)14-8-11-16-17-13(19-11)15-10-6-7-10/h1-5,10H,6-8H2,(H,14,18)(H,15,17). The Hall–Kier alpha value is -2.37. The minimum Gasteiger partial charge on any atom is -0.406 e. The number of rotatable bonds is 5. The summed E-state index contributed by atoms with van der Waals surface area (Å²) >= 11 is 0. The fourth-order valence-electron chi connectivity index (χ4n) is 1.63. The highest BCUT2D eigenvalue weighted by Gasteiger charge is 2.23. The number of hydrogen-bond donors (Lipinski definition) is 2. The number of benzene rings is 1. The van der Waals surface area contributed by atoms with E-state index in [1.54, 1.807) is 12.1 Å². The van der Waals surface area contributed by atoms with Crippen LogP contribution in [0.25, 0.3) is 0 Å². The highest BCUT2D eigenvalue weighted by Crippen LogP contribution is 2.23. The lowest BCUT2D eigenvalue weighted by molar-refractivity contribution is 0.0947. The Morgan fingerprint density at radius 1 is 1.26 bits per heavy atom. The molecule has 0 unspecified atom stereocenters. The number of carbonyl (C=O) groups excluding carboxylic acids is 1. The van der Waals surface area contributed by atoms with Gasteiger partial charge < -0.3 is 15.1 Å². The van der Waals surface area contributed by atoms with E-state index in [2.05, 4.69) is 20.8 Å². The average Bonchev–Trinajstić information content (AvgIpc) is 3.14. The van der Waals surface area contributed by atoms with Gasteiger partial charge in [0.15, 0.2) is 0 Å². The molecule has 1 saturated carbocycles. The number of amides is 1. The molecule has 0 saturated heterocycles. The Kier molecular flexibility index (Phi) is 3.14. The molecule has 6 nitrogen and oxygen atoms in total. The first-order valence-electron chi connectivity index (χ1n) is 6.23. The van der Waals surface area contributed by atoms with Crippen molar-refractivity contribution in [1.82, 2.24) is 15.5 Å². The monoisotopic (exact) mass is 258 g/mol. The van der Waals surface area contributed by atoms with Gasteiger partial charge in [0, 0.05) is 11.6 Å². The summed E-state index contributed by atoms with van der Waals surface area (Å²) in [4.78, 5) is 11.8. The van der Waals surface area contributed by atoms with E-state index in [4.69, 9.17) is 4.42 Å². The highest BCUT2D eigenvalue weighted by atomic mass is 16.4. The summed E-state index contributed by atoms with van der Waals surface area (Å²) in [6.45, 7) is 0.229. The molecule has 0 bridgehead atoms. The van der Waals surface area contributed by atoms with Crippen LogP contribution in [0.15, 0.2) is 34.7 Å². The first kappa shape index (κ1) is 11.7. The molecular formula is C13H14N4O2. The molecular weight excluding hydrogens is 244 g/mol. The predicted molar refractivity (Wildman–Crippen MR) is 68.6 cm³/mol. The van der Waals surface area contributed by atoms with Gasteiger partial charge in [-0.15, -0.1) is 5.10 Å². The summed E-state index contributed by atoms with van der Waals surface area (Å²) < 4.78 is 5.37. The molecule has 0 radical (unpaired) electrons. The van der Waals surface area contributed by atoms with Gasteiger partial charge in [-0.1, -0.05) is 23.3 Å². The topological polar surface area (TPSA) is 80.0 Å². The maximum atomic E-state index is 11.8. The molecule has 98 valence electrons. The van der Waals surface area contributed by atoms with Crippen LogP contribution >= 0.6 is 0 Å². The lowest BCUT2D eigenvalue weighted by Crippen LogP contribution is -2.22. The van der Waals surface area contributed by atoms with E-state index in [0.29, 0.717) is 23.5 Å². The van der Waals surface area contributed by atoms with Crippen molar-refractivity contribution < 1.29 is 9.21 Å². The van der Waals surface area contributed by atoms with Gasteiger partial charge in [-0.05, 0) is 25.0 Å². The predicted octanol–water partition coefficient (Wildman–Crippen LogP) is 1.57. The first-order chi connectivity index (χ1) is 9.31. The third-order valence-corrected chi connectivity index (χ3v) is 2.81. The fourth-order valence-corrected chi connectivity index (χ4v) is 1.63. The molecule has 1 fully saturated rings. The van der Waals surface area contributed by atoms with Gasteiger partial charge in [-0.25, -0.2) is 0 Å². The van der Waals surface area contributed by atoms with E-state index in [9.17, 15) is 4.79 Å². The van der Waals surface area contributed by atoms with Crippen molar-refractivity contribution in [1.29, 1.82) is 0 Å². The van der Waals surface area contributed by atoms with Gasteiger partial charge in [-0.2, -0.15) is 0 Å². The number of nitrogens with zero attached hydrogens (tertiary/aromatic N) is 2. The van der Waals surface area contributed by atoms with E-state index in [1.165, 1.54) is 0 Å². The molecule has 19 heavy (non-hydrogen) atoms. The van der Waals surface area contributed by atoms with Crippen molar-refractivity contribution in [3.05, 3.63) is 41.8 Å². The van der Waals surface area contributed by atoms with E-state index in [1.807, 2.05) is 18.2 Å². The van der Waals surface area contributed by atoms with Gasteiger partial charge in [0.1, 0.15) is 0 Å². The minimum absolute atomic E-state index is 0.157. The lowest BCUT2D eigenvalue weighted by atomic mass is 10.2. The van der Waals surface area contributed by atoms with Crippen LogP contribution in [0.5, 0.6) is 0 Å². The number of nitrogens with one attached hydrogen (secondary N) is 2. The van der Waals surface area contributed by atoms with Crippen LogP contribution in [-0.2, 0) is 6.54 Å². The molecule has 0 atom stereocenters. The van der Waals surface area contributed by atoms with Crippen molar-refractivity contribution in [2.24, 2.45) is 0 Å². The quantitative estimate of drug-likeness (QED) is 0.851. The number of carbonyl (C=O) groups is 1. The van der Waals surface area contributed by atoms with Crippen LogP contribution in [0.3, 0.4) is 0 Å². The fraction of sp³-hybridized carbons (Fsp3) is 0.308. The summed E-state index contributed by atoms with van der Waals surface area (Å²) in [6.07, 6.45) is 2.28. The van der Waals surface area contributed by atoms with Crippen LogP contribution in [0.1, 0.15) is 29.1 Å². The normalized spacial score (nSPS) is 14.1. The molecule has 1 aromatic carbocycles. The molecule has 1 heterocycles. The van der Waals surface area contributed by atoms with Gasteiger partial charge in [0.25, 0.3) is 5.91 Å². The SMILES string of the molecule is O=C(NCc1nnc(NC2CC2)o1)c1ccccc1. The van der Waals surface area contributed by atoms with E-state index >= 15 is 0 Å². The third kappa shape index (κ3) is 3.09. The zero-order valence-corrected chi connectivity index (χ0v) is 10.3. The van der Waals surface area contributed by atoms with Crippen molar-refractivity contribution in [3.8, 4) is 0 Å². The van der Waals surface area contributed by atoms with E-state index in [-0.39, 0.29) is 12.5 Å². The first-order valence-corrected chi connectivity index (χ1v) is 6.23. The average molecular weight is 258 g/mol. The summed E-state index contributed by atoms with van der Waals surface area (Å²) in [5.74, 6) is 0.239. The van der Waals surface area contributed by atoms with Crippen LogP contribution in [0, 0.1) is 0 Å². The Bertz CT molecular complexity index is 563. The zero-order chi connectivity index (χ0) is 13.1. The van der Waals surface area contributed by atoms with Crippen LogP contribution in [0.2, 0.25) is 0 Å². The molecule has 2 N–H and O–H groups in total. The molecule has 0 aliphatic heterocycles. The van der Waals surface area contributed by atoms with Crippen molar-refractivity contribution >= 4 is 11.9 Å². The molecule has 1 amide bonds. The Balaban J connectivity index is 1.54. The molecule has 2 aromatic rings. The summed E-state index contributed by atoms with van der Waals surface area (Å²) in [6, 6.07) is 9.90. The minimum atomic E-state index is -0.157. The van der Waals surface area contributed by atoms with Crippen LogP contribution in [0.4, 0.5) is 6.01 Å². The Morgan fingerprint density at radius 2 is 2.05 bits per heavy atom. The Morgan fingerprint density at radius 3 is 2.79 bits per heavy atom. The van der Waals surface area contributed by atoms with Crippen molar-refractivity contribution in [2.75, 3.05) is 5.32 Å². The second kappa shape index (κ2) is 5.09. The third-order valence-electron chi connectivity index (χ3n) is 2.81. The summed E-state index contributed by atoms with van der Waals surface area (Å²) in [5.41, 5.74) is 0.610. The molecule has 1 aliphatic rings. The molecule has 1 aromatic heterocycles. The number of aromatic nitrogens is 2. The summed E-state index contributed by atoms with van der Waals surface area (Å²) in [7, 11) is 0. The molecule has 3 rings (SSSR count). The Labute approximate surface area is 110 Å². The number of anilines is 1. The van der Waals surface area contributed by atoms with E-state index in [0.717, 1.165) is 12.8 Å². The second-order valence-corrected chi connectivity index (χ2v) is 4.47. The molecule has 1 aliphatic carbocycles.